The second-order valence-electron chi connectivity index (χ2n) is 8.46. The van der Waals surface area contributed by atoms with E-state index in [2.05, 4.69) is 10.6 Å². The second kappa shape index (κ2) is 9.06. The monoisotopic (exact) mass is 454 g/mol. The summed E-state index contributed by atoms with van der Waals surface area (Å²) in [7, 11) is 0. The lowest BCUT2D eigenvalue weighted by Crippen LogP contribution is -2.58. The molecule has 2 aliphatic rings. The predicted molar refractivity (Wildman–Crippen MR) is 118 cm³/mol. The molecule has 7 nitrogen and oxygen atoms in total. The Morgan fingerprint density at radius 2 is 2.00 bits per heavy atom. The quantitative estimate of drug-likeness (QED) is 0.723. The minimum atomic E-state index is -0.658. The Balaban J connectivity index is 1.51. The van der Waals surface area contributed by atoms with E-state index in [0.29, 0.717) is 49.4 Å². The van der Waals surface area contributed by atoms with Crippen molar-refractivity contribution in [1.29, 1.82) is 5.26 Å². The molecule has 0 aromatic heterocycles. The number of nitrogens with zero attached hydrogens (tertiary/aromatic N) is 2. The standard InChI is InChI=1S/C24H24F2N4O3/c1-15(31)29-24(8-10-30(11-9-24)20-5-2-17(25)12-16(20)13-27)14-33-21-6-4-19(26)23-18(21)3-7-22(32)28-23/h2,4-6,12H,3,7-11,14H2,1H3,(H,28,32)(H,29,31). The number of ether oxygens (including phenoxy) is 1. The van der Waals surface area contributed by atoms with Crippen molar-refractivity contribution < 1.29 is 23.1 Å². The molecule has 2 N–H and O–H groups in total. The van der Waals surface area contributed by atoms with Gasteiger partial charge in [-0.15, -0.1) is 0 Å². The molecule has 4 rings (SSSR count). The fourth-order valence-corrected chi connectivity index (χ4v) is 4.50. The molecule has 0 radical (unpaired) electrons. The maximum atomic E-state index is 14.2. The van der Waals surface area contributed by atoms with Gasteiger partial charge in [-0.25, -0.2) is 8.78 Å². The third kappa shape index (κ3) is 4.75. The zero-order valence-electron chi connectivity index (χ0n) is 18.2. The lowest BCUT2D eigenvalue weighted by atomic mass is 9.87. The Hall–Kier alpha value is -3.67. The van der Waals surface area contributed by atoms with Crippen LogP contribution >= 0.6 is 0 Å². The van der Waals surface area contributed by atoms with Gasteiger partial charge in [0.1, 0.15) is 30.1 Å². The number of nitriles is 1. The number of rotatable bonds is 5. The van der Waals surface area contributed by atoms with Crippen LogP contribution in [0.5, 0.6) is 5.75 Å². The van der Waals surface area contributed by atoms with E-state index in [1.165, 1.54) is 25.1 Å². The first-order valence-electron chi connectivity index (χ1n) is 10.8. The summed E-state index contributed by atoms with van der Waals surface area (Å²) in [5.41, 5.74) is 1.01. The maximum absolute atomic E-state index is 14.2. The van der Waals surface area contributed by atoms with Crippen LogP contribution < -0.4 is 20.3 Å². The highest BCUT2D eigenvalue weighted by molar-refractivity contribution is 5.94. The zero-order valence-corrected chi connectivity index (χ0v) is 18.2. The Labute approximate surface area is 190 Å². The largest absolute Gasteiger partial charge is 0.491 e. The molecule has 0 spiro atoms. The van der Waals surface area contributed by atoms with Crippen LogP contribution in [-0.4, -0.2) is 37.0 Å². The number of nitrogens with one attached hydrogen (secondary N) is 2. The molecule has 2 heterocycles. The molecular weight excluding hydrogens is 430 g/mol. The van der Waals surface area contributed by atoms with Crippen LogP contribution in [0.4, 0.5) is 20.2 Å². The van der Waals surface area contributed by atoms with Gasteiger partial charge in [0.15, 0.2) is 0 Å². The third-order valence-corrected chi connectivity index (χ3v) is 6.17. The van der Waals surface area contributed by atoms with Gasteiger partial charge in [-0.1, -0.05) is 0 Å². The summed E-state index contributed by atoms with van der Waals surface area (Å²) >= 11 is 0. The van der Waals surface area contributed by atoms with Crippen molar-refractivity contribution in [3.8, 4) is 11.8 Å². The molecule has 1 saturated heterocycles. The molecule has 0 saturated carbocycles. The number of piperidine rings is 1. The molecule has 2 aliphatic heterocycles. The highest BCUT2D eigenvalue weighted by Gasteiger charge is 2.37. The summed E-state index contributed by atoms with van der Waals surface area (Å²) in [5, 5.41) is 14.9. The van der Waals surface area contributed by atoms with Crippen LogP contribution in [0.25, 0.3) is 0 Å². The lowest BCUT2D eigenvalue weighted by molar-refractivity contribution is -0.121. The molecular formula is C24H24F2N4O3. The summed E-state index contributed by atoms with van der Waals surface area (Å²) in [4.78, 5) is 25.6. The molecule has 1 fully saturated rings. The second-order valence-corrected chi connectivity index (χ2v) is 8.46. The fourth-order valence-electron chi connectivity index (χ4n) is 4.50. The Kier molecular flexibility index (Phi) is 6.18. The van der Waals surface area contributed by atoms with Crippen LogP contribution in [0.2, 0.25) is 0 Å². The Morgan fingerprint density at radius 3 is 2.70 bits per heavy atom. The molecule has 9 heteroatoms. The average molecular weight is 454 g/mol. The van der Waals surface area contributed by atoms with Gasteiger partial charge in [-0.05, 0) is 49.6 Å². The Bertz CT molecular complexity index is 1140. The molecule has 0 bridgehead atoms. The van der Waals surface area contributed by atoms with Crippen molar-refractivity contribution in [2.75, 3.05) is 29.9 Å². The predicted octanol–water partition coefficient (Wildman–Crippen LogP) is 3.28. The minimum absolute atomic E-state index is 0.146. The summed E-state index contributed by atoms with van der Waals surface area (Å²) in [5.74, 6) is -0.933. The van der Waals surface area contributed by atoms with Gasteiger partial charge in [-0.3, -0.25) is 9.59 Å². The van der Waals surface area contributed by atoms with Crippen LogP contribution in [0.1, 0.15) is 37.3 Å². The van der Waals surface area contributed by atoms with Crippen LogP contribution in [0.15, 0.2) is 30.3 Å². The van der Waals surface area contributed by atoms with E-state index in [4.69, 9.17) is 4.74 Å². The average Bonchev–Trinajstić information content (AvgIpc) is 2.79. The van der Waals surface area contributed by atoms with E-state index in [1.807, 2.05) is 11.0 Å². The van der Waals surface area contributed by atoms with Crippen molar-refractivity contribution >= 4 is 23.2 Å². The van der Waals surface area contributed by atoms with E-state index in [9.17, 15) is 23.6 Å². The number of anilines is 2. The molecule has 2 aromatic carbocycles. The van der Waals surface area contributed by atoms with Gasteiger partial charge in [0, 0.05) is 32.0 Å². The molecule has 2 aromatic rings. The van der Waals surface area contributed by atoms with Crippen molar-refractivity contribution in [1.82, 2.24) is 5.32 Å². The first kappa shape index (κ1) is 22.5. The maximum Gasteiger partial charge on any atom is 0.224 e. The number of halogens is 2. The van der Waals surface area contributed by atoms with Gasteiger partial charge in [0.05, 0.1) is 22.5 Å². The van der Waals surface area contributed by atoms with E-state index < -0.39 is 17.2 Å². The molecule has 0 aliphatic carbocycles. The van der Waals surface area contributed by atoms with Crippen LogP contribution in [-0.2, 0) is 16.0 Å². The molecule has 2 amide bonds. The van der Waals surface area contributed by atoms with Crippen molar-refractivity contribution in [3.05, 3.63) is 53.1 Å². The summed E-state index contributed by atoms with van der Waals surface area (Å²) < 4.78 is 33.8. The van der Waals surface area contributed by atoms with Crippen molar-refractivity contribution in [2.24, 2.45) is 0 Å². The summed E-state index contributed by atoms with van der Waals surface area (Å²) in [6, 6.07) is 8.96. The number of hydrogen-bond donors (Lipinski definition) is 2. The van der Waals surface area contributed by atoms with Crippen LogP contribution in [0.3, 0.4) is 0 Å². The number of carbonyl (C=O) groups is 2. The zero-order chi connectivity index (χ0) is 23.6. The van der Waals surface area contributed by atoms with Crippen molar-refractivity contribution in [2.45, 2.75) is 38.1 Å². The van der Waals surface area contributed by atoms with Gasteiger partial charge < -0.3 is 20.3 Å². The number of fused-ring (bicyclic) bond motifs is 1. The highest BCUT2D eigenvalue weighted by Crippen LogP contribution is 2.35. The first-order valence-corrected chi connectivity index (χ1v) is 10.8. The molecule has 172 valence electrons. The lowest BCUT2D eigenvalue weighted by Gasteiger charge is -2.43. The van der Waals surface area contributed by atoms with Gasteiger partial charge >= 0.3 is 0 Å². The highest BCUT2D eigenvalue weighted by atomic mass is 19.1. The van der Waals surface area contributed by atoms with Gasteiger partial charge in [-0.2, -0.15) is 5.26 Å². The number of hydrogen-bond acceptors (Lipinski definition) is 5. The normalized spacial score (nSPS) is 16.9. The van der Waals surface area contributed by atoms with Gasteiger partial charge in [0.25, 0.3) is 0 Å². The number of benzene rings is 2. The Morgan fingerprint density at radius 1 is 1.24 bits per heavy atom. The van der Waals surface area contributed by atoms with Crippen molar-refractivity contribution in [3.63, 3.8) is 0 Å². The van der Waals surface area contributed by atoms with E-state index >= 15 is 0 Å². The summed E-state index contributed by atoms with van der Waals surface area (Å²) in [6.45, 7) is 2.67. The SMILES string of the molecule is CC(=O)NC1(COc2ccc(F)c3c2CCC(=O)N3)CCN(c2ccc(F)cc2C#N)CC1. The molecule has 0 atom stereocenters. The first-order chi connectivity index (χ1) is 15.8. The fraction of sp³-hybridized carbons (Fsp3) is 0.375. The summed E-state index contributed by atoms with van der Waals surface area (Å²) in [6.07, 6.45) is 1.69. The number of carbonyl (C=O) groups excluding carboxylic acids is 2. The van der Waals surface area contributed by atoms with E-state index in [-0.39, 0.29) is 36.1 Å². The van der Waals surface area contributed by atoms with Gasteiger partial charge in [0.2, 0.25) is 11.8 Å². The smallest absolute Gasteiger partial charge is 0.224 e. The molecule has 33 heavy (non-hydrogen) atoms. The van der Waals surface area contributed by atoms with Crippen LogP contribution in [0, 0.1) is 23.0 Å². The third-order valence-electron chi connectivity index (χ3n) is 6.17. The topological polar surface area (TPSA) is 94.5 Å². The van der Waals surface area contributed by atoms with E-state index in [0.717, 1.165) is 0 Å². The van der Waals surface area contributed by atoms with E-state index in [1.54, 1.807) is 12.1 Å². The molecule has 0 unspecified atom stereocenters. The number of amides is 2. The minimum Gasteiger partial charge on any atom is -0.491 e.